The molecule has 0 saturated carbocycles. The smallest absolute Gasteiger partial charge is 0.0718 e. The van der Waals surface area contributed by atoms with Crippen LogP contribution in [0.4, 0.5) is 0 Å². The van der Waals surface area contributed by atoms with Gasteiger partial charge in [-0.05, 0) is 24.1 Å². The molecule has 0 saturated heterocycles. The van der Waals surface area contributed by atoms with E-state index in [1.54, 1.807) is 7.11 Å². The summed E-state index contributed by atoms with van der Waals surface area (Å²) in [5.74, 6) is 5.92. The van der Waals surface area contributed by atoms with Crippen molar-refractivity contribution in [2.75, 3.05) is 40.1 Å². The minimum Gasteiger partial charge on any atom is -0.395 e. The van der Waals surface area contributed by atoms with Crippen molar-refractivity contribution in [3.05, 3.63) is 35.4 Å². The minimum atomic E-state index is 0.0974. The van der Waals surface area contributed by atoms with Gasteiger partial charge in [0.25, 0.3) is 0 Å². The first-order valence-electron chi connectivity index (χ1n) is 7.20. The molecule has 21 heavy (non-hydrogen) atoms. The van der Waals surface area contributed by atoms with E-state index < -0.39 is 0 Å². The van der Waals surface area contributed by atoms with Gasteiger partial charge in [-0.3, -0.25) is 0 Å². The maximum absolute atomic E-state index is 8.69. The highest BCUT2D eigenvalue weighted by Crippen LogP contribution is 2.05. The third-order valence-electron chi connectivity index (χ3n) is 2.67. The van der Waals surface area contributed by atoms with Gasteiger partial charge in [0.1, 0.15) is 0 Å². The van der Waals surface area contributed by atoms with Gasteiger partial charge in [0.15, 0.2) is 0 Å². The van der Waals surface area contributed by atoms with Crippen LogP contribution in [0.25, 0.3) is 0 Å². The average molecular weight is 292 g/mol. The van der Waals surface area contributed by atoms with Gasteiger partial charge in [0, 0.05) is 32.3 Å². The SMILES string of the molecule is COCCCOCCOCc1cccc(C#CCCO)c1. The number of methoxy groups -OCH3 is 1. The summed E-state index contributed by atoms with van der Waals surface area (Å²) in [5.41, 5.74) is 2.03. The third-order valence-corrected chi connectivity index (χ3v) is 2.67. The van der Waals surface area contributed by atoms with Gasteiger partial charge < -0.3 is 19.3 Å². The Morgan fingerprint density at radius 3 is 2.76 bits per heavy atom. The predicted octanol–water partition coefficient (Wildman–Crippen LogP) is 1.99. The Hall–Kier alpha value is -1.38. The maximum atomic E-state index is 8.69. The zero-order valence-corrected chi connectivity index (χ0v) is 12.6. The number of benzene rings is 1. The minimum absolute atomic E-state index is 0.0974. The quantitative estimate of drug-likeness (QED) is 0.529. The van der Waals surface area contributed by atoms with Crippen molar-refractivity contribution in [1.29, 1.82) is 0 Å². The molecule has 0 spiro atoms. The number of hydrogen-bond acceptors (Lipinski definition) is 4. The topological polar surface area (TPSA) is 47.9 Å². The lowest BCUT2D eigenvalue weighted by atomic mass is 10.1. The number of aliphatic hydroxyl groups is 1. The van der Waals surface area contributed by atoms with E-state index in [9.17, 15) is 0 Å². The summed E-state index contributed by atoms with van der Waals surface area (Å²) in [6.45, 7) is 3.25. The van der Waals surface area contributed by atoms with Gasteiger partial charge in [0.2, 0.25) is 0 Å². The molecular formula is C17H24O4. The molecule has 116 valence electrons. The molecule has 0 fully saturated rings. The second-order valence-corrected chi connectivity index (χ2v) is 4.49. The fourth-order valence-corrected chi connectivity index (χ4v) is 1.67. The van der Waals surface area contributed by atoms with E-state index in [1.165, 1.54) is 0 Å². The second kappa shape index (κ2) is 12.4. The van der Waals surface area contributed by atoms with E-state index in [-0.39, 0.29) is 6.61 Å². The molecule has 0 heterocycles. The van der Waals surface area contributed by atoms with Crippen LogP contribution in [0.1, 0.15) is 24.0 Å². The standard InChI is InChI=1S/C17H24O4/c1-19-10-5-11-20-12-13-21-15-17-8-4-7-16(14-17)6-2-3-9-18/h4,7-8,14,18H,3,5,9-13,15H2,1H3. The van der Waals surface area contributed by atoms with Crippen LogP contribution in [0.5, 0.6) is 0 Å². The van der Waals surface area contributed by atoms with Crippen LogP contribution in [0.2, 0.25) is 0 Å². The van der Waals surface area contributed by atoms with Crippen molar-refractivity contribution >= 4 is 0 Å². The fourth-order valence-electron chi connectivity index (χ4n) is 1.67. The molecular weight excluding hydrogens is 268 g/mol. The Balaban J connectivity index is 2.17. The van der Waals surface area contributed by atoms with Crippen LogP contribution in [-0.2, 0) is 20.8 Å². The molecule has 0 amide bonds. The average Bonchev–Trinajstić information content (AvgIpc) is 2.51. The summed E-state index contributed by atoms with van der Waals surface area (Å²) < 4.78 is 15.9. The largest absolute Gasteiger partial charge is 0.395 e. The number of ether oxygens (including phenoxy) is 3. The Morgan fingerprint density at radius 2 is 1.95 bits per heavy atom. The molecule has 0 aliphatic heterocycles. The Bertz CT molecular complexity index is 434. The van der Waals surface area contributed by atoms with Crippen LogP contribution < -0.4 is 0 Å². The van der Waals surface area contributed by atoms with E-state index in [4.69, 9.17) is 19.3 Å². The molecule has 0 aliphatic carbocycles. The Morgan fingerprint density at radius 1 is 1.10 bits per heavy atom. The van der Waals surface area contributed by atoms with Crippen LogP contribution in [0, 0.1) is 11.8 Å². The molecule has 4 heteroatoms. The molecule has 0 aliphatic rings. The molecule has 0 radical (unpaired) electrons. The van der Waals surface area contributed by atoms with Crippen LogP contribution >= 0.6 is 0 Å². The van der Waals surface area contributed by atoms with Crippen LogP contribution in [-0.4, -0.2) is 45.3 Å². The molecule has 0 aromatic heterocycles. The Labute approximate surface area is 127 Å². The van der Waals surface area contributed by atoms with E-state index >= 15 is 0 Å². The first-order chi connectivity index (χ1) is 10.4. The molecule has 1 N–H and O–H groups in total. The lowest BCUT2D eigenvalue weighted by Gasteiger charge is -2.06. The summed E-state index contributed by atoms with van der Waals surface area (Å²) in [4.78, 5) is 0. The lowest BCUT2D eigenvalue weighted by Crippen LogP contribution is -2.06. The van der Waals surface area contributed by atoms with Crippen molar-refractivity contribution in [3.8, 4) is 11.8 Å². The fraction of sp³-hybridized carbons (Fsp3) is 0.529. The summed E-state index contributed by atoms with van der Waals surface area (Å²) in [7, 11) is 1.69. The first kappa shape index (κ1) is 17.7. The summed E-state index contributed by atoms with van der Waals surface area (Å²) >= 11 is 0. The number of rotatable bonds is 10. The monoisotopic (exact) mass is 292 g/mol. The molecule has 0 unspecified atom stereocenters. The molecule has 4 nitrogen and oxygen atoms in total. The van der Waals surface area contributed by atoms with Gasteiger partial charge in [-0.25, -0.2) is 0 Å². The third kappa shape index (κ3) is 9.22. The molecule has 0 atom stereocenters. The van der Waals surface area contributed by atoms with Crippen molar-refractivity contribution in [2.45, 2.75) is 19.4 Å². The Kier molecular flexibility index (Phi) is 10.4. The van der Waals surface area contributed by atoms with E-state index in [0.29, 0.717) is 32.8 Å². The van der Waals surface area contributed by atoms with Crippen molar-refractivity contribution in [2.24, 2.45) is 0 Å². The van der Waals surface area contributed by atoms with Crippen molar-refractivity contribution < 1.29 is 19.3 Å². The normalized spacial score (nSPS) is 10.2. The molecule has 0 bridgehead atoms. The maximum Gasteiger partial charge on any atom is 0.0718 e. The highest BCUT2D eigenvalue weighted by molar-refractivity contribution is 5.36. The van der Waals surface area contributed by atoms with E-state index in [0.717, 1.165) is 24.2 Å². The molecule has 1 rings (SSSR count). The molecule has 1 aromatic rings. The van der Waals surface area contributed by atoms with Gasteiger partial charge in [-0.15, -0.1) is 0 Å². The summed E-state index contributed by atoms with van der Waals surface area (Å²) in [6.07, 6.45) is 1.41. The summed E-state index contributed by atoms with van der Waals surface area (Å²) in [5, 5.41) is 8.69. The van der Waals surface area contributed by atoms with E-state index in [2.05, 4.69) is 11.8 Å². The van der Waals surface area contributed by atoms with E-state index in [1.807, 2.05) is 24.3 Å². The van der Waals surface area contributed by atoms with Crippen molar-refractivity contribution in [1.82, 2.24) is 0 Å². The predicted molar refractivity (Wildman–Crippen MR) is 82.0 cm³/mol. The zero-order chi connectivity index (χ0) is 15.2. The molecule has 1 aromatic carbocycles. The van der Waals surface area contributed by atoms with Gasteiger partial charge in [-0.1, -0.05) is 24.0 Å². The number of aliphatic hydroxyl groups excluding tert-OH is 1. The lowest BCUT2D eigenvalue weighted by molar-refractivity contribution is 0.0337. The number of hydrogen-bond donors (Lipinski definition) is 1. The van der Waals surface area contributed by atoms with Gasteiger partial charge in [0.05, 0.1) is 26.4 Å². The van der Waals surface area contributed by atoms with Crippen molar-refractivity contribution in [3.63, 3.8) is 0 Å². The zero-order valence-electron chi connectivity index (χ0n) is 12.6. The van der Waals surface area contributed by atoms with Crippen LogP contribution in [0.15, 0.2) is 24.3 Å². The highest BCUT2D eigenvalue weighted by atomic mass is 16.5. The van der Waals surface area contributed by atoms with Crippen LogP contribution in [0.3, 0.4) is 0 Å². The summed E-state index contributed by atoms with van der Waals surface area (Å²) in [6, 6.07) is 7.93. The van der Waals surface area contributed by atoms with Gasteiger partial charge >= 0.3 is 0 Å². The first-order valence-corrected chi connectivity index (χ1v) is 7.20. The highest BCUT2D eigenvalue weighted by Gasteiger charge is 1.95. The van der Waals surface area contributed by atoms with Gasteiger partial charge in [-0.2, -0.15) is 0 Å². The second-order valence-electron chi connectivity index (χ2n) is 4.49.